The van der Waals surface area contributed by atoms with Crippen LogP contribution >= 0.6 is 0 Å². The molecule has 4 heteroatoms. The van der Waals surface area contributed by atoms with Crippen LogP contribution in [0.5, 0.6) is 0 Å². The summed E-state index contributed by atoms with van der Waals surface area (Å²) in [5, 5.41) is 14.1. The van der Waals surface area contributed by atoms with E-state index in [1.54, 1.807) is 6.92 Å². The molecule has 1 aliphatic heterocycles. The Morgan fingerprint density at radius 2 is 2.64 bits per heavy atom. The Labute approximate surface area is 65.6 Å². The first-order valence-electron chi connectivity index (χ1n) is 3.64. The van der Waals surface area contributed by atoms with Crippen LogP contribution in [-0.2, 0) is 4.79 Å². The summed E-state index contributed by atoms with van der Waals surface area (Å²) in [5.74, 6) is 0.0626. The molecular weight excluding hydrogens is 142 g/mol. The SMILES string of the molecule is CC(C#N)NC1CNC(=O)C1. The van der Waals surface area contributed by atoms with Gasteiger partial charge in [-0.15, -0.1) is 0 Å². The van der Waals surface area contributed by atoms with E-state index in [1.807, 2.05) is 0 Å². The zero-order chi connectivity index (χ0) is 8.27. The van der Waals surface area contributed by atoms with Gasteiger partial charge in [0.15, 0.2) is 0 Å². The minimum absolute atomic E-state index is 0.0626. The average molecular weight is 153 g/mol. The molecule has 60 valence electrons. The lowest BCUT2D eigenvalue weighted by Crippen LogP contribution is -2.36. The van der Waals surface area contributed by atoms with Crippen molar-refractivity contribution in [2.45, 2.75) is 25.4 Å². The van der Waals surface area contributed by atoms with Gasteiger partial charge in [-0.3, -0.25) is 10.1 Å². The van der Waals surface area contributed by atoms with E-state index in [2.05, 4.69) is 16.7 Å². The van der Waals surface area contributed by atoms with Gasteiger partial charge in [0.1, 0.15) is 0 Å². The van der Waals surface area contributed by atoms with Gasteiger partial charge in [-0.1, -0.05) is 0 Å². The number of nitrogens with zero attached hydrogens (tertiary/aromatic N) is 1. The molecule has 1 heterocycles. The van der Waals surface area contributed by atoms with Gasteiger partial charge in [0, 0.05) is 19.0 Å². The van der Waals surface area contributed by atoms with E-state index in [0.29, 0.717) is 13.0 Å². The van der Waals surface area contributed by atoms with Crippen LogP contribution in [0.3, 0.4) is 0 Å². The van der Waals surface area contributed by atoms with E-state index in [-0.39, 0.29) is 18.0 Å². The highest BCUT2D eigenvalue weighted by Crippen LogP contribution is 1.99. The van der Waals surface area contributed by atoms with Crippen LogP contribution in [0.25, 0.3) is 0 Å². The maximum absolute atomic E-state index is 10.7. The van der Waals surface area contributed by atoms with Crippen LogP contribution in [0.15, 0.2) is 0 Å². The zero-order valence-electron chi connectivity index (χ0n) is 6.42. The Balaban J connectivity index is 2.29. The summed E-state index contributed by atoms with van der Waals surface area (Å²) >= 11 is 0. The molecule has 2 unspecified atom stereocenters. The van der Waals surface area contributed by atoms with E-state index in [4.69, 9.17) is 5.26 Å². The molecule has 0 aromatic carbocycles. The topological polar surface area (TPSA) is 64.9 Å². The quantitative estimate of drug-likeness (QED) is 0.555. The first-order chi connectivity index (χ1) is 5.22. The summed E-state index contributed by atoms with van der Waals surface area (Å²) in [6, 6.07) is 2.02. The minimum Gasteiger partial charge on any atom is -0.354 e. The Morgan fingerprint density at radius 3 is 3.09 bits per heavy atom. The molecule has 1 saturated heterocycles. The first-order valence-corrected chi connectivity index (χ1v) is 3.64. The monoisotopic (exact) mass is 153 g/mol. The fourth-order valence-corrected chi connectivity index (χ4v) is 1.11. The third-order valence-corrected chi connectivity index (χ3v) is 1.66. The Hall–Kier alpha value is -1.08. The standard InChI is InChI=1S/C7H11N3O/c1-5(3-8)10-6-2-7(11)9-4-6/h5-6,10H,2,4H2,1H3,(H,9,11). The molecule has 0 aromatic heterocycles. The van der Waals surface area contributed by atoms with Crippen molar-refractivity contribution in [3.05, 3.63) is 0 Å². The second kappa shape index (κ2) is 3.35. The van der Waals surface area contributed by atoms with Gasteiger partial charge >= 0.3 is 0 Å². The number of rotatable bonds is 2. The molecule has 0 spiro atoms. The normalized spacial score (nSPS) is 25.8. The molecule has 4 nitrogen and oxygen atoms in total. The van der Waals surface area contributed by atoms with E-state index in [1.165, 1.54) is 0 Å². The van der Waals surface area contributed by atoms with Crippen molar-refractivity contribution in [3.8, 4) is 6.07 Å². The molecule has 1 rings (SSSR count). The molecule has 1 fully saturated rings. The molecule has 2 N–H and O–H groups in total. The second-order valence-electron chi connectivity index (χ2n) is 2.72. The predicted molar refractivity (Wildman–Crippen MR) is 39.6 cm³/mol. The van der Waals surface area contributed by atoms with Crippen LogP contribution in [0.2, 0.25) is 0 Å². The Bertz CT molecular complexity index is 196. The third kappa shape index (κ3) is 2.20. The van der Waals surface area contributed by atoms with Crippen molar-refractivity contribution in [1.29, 1.82) is 5.26 Å². The van der Waals surface area contributed by atoms with Gasteiger partial charge in [0.25, 0.3) is 0 Å². The second-order valence-corrected chi connectivity index (χ2v) is 2.72. The number of nitriles is 1. The van der Waals surface area contributed by atoms with E-state index >= 15 is 0 Å². The van der Waals surface area contributed by atoms with Crippen LogP contribution in [0, 0.1) is 11.3 Å². The molecule has 11 heavy (non-hydrogen) atoms. The number of hydrogen-bond acceptors (Lipinski definition) is 3. The van der Waals surface area contributed by atoms with E-state index in [0.717, 1.165) is 0 Å². The lowest BCUT2D eigenvalue weighted by atomic mass is 10.2. The van der Waals surface area contributed by atoms with Crippen molar-refractivity contribution < 1.29 is 4.79 Å². The van der Waals surface area contributed by atoms with Crippen molar-refractivity contribution in [3.63, 3.8) is 0 Å². The minimum atomic E-state index is -0.173. The summed E-state index contributed by atoms with van der Waals surface area (Å²) in [5.41, 5.74) is 0. The lowest BCUT2D eigenvalue weighted by Gasteiger charge is -2.10. The van der Waals surface area contributed by atoms with Crippen molar-refractivity contribution in [2.24, 2.45) is 0 Å². The largest absolute Gasteiger partial charge is 0.354 e. The molecule has 1 amide bonds. The Morgan fingerprint density at radius 1 is 1.91 bits per heavy atom. The fraction of sp³-hybridized carbons (Fsp3) is 0.714. The van der Waals surface area contributed by atoms with Gasteiger partial charge < -0.3 is 5.32 Å². The van der Waals surface area contributed by atoms with Gasteiger partial charge in [0.2, 0.25) is 5.91 Å². The third-order valence-electron chi connectivity index (χ3n) is 1.66. The van der Waals surface area contributed by atoms with Crippen LogP contribution in [-0.4, -0.2) is 24.5 Å². The van der Waals surface area contributed by atoms with Gasteiger partial charge in [-0.2, -0.15) is 5.26 Å². The lowest BCUT2D eigenvalue weighted by molar-refractivity contribution is -0.119. The molecular formula is C7H11N3O. The first kappa shape index (κ1) is 8.02. The molecule has 0 saturated carbocycles. The number of carbonyl (C=O) groups excluding carboxylic acids is 1. The van der Waals surface area contributed by atoms with Crippen molar-refractivity contribution in [1.82, 2.24) is 10.6 Å². The number of hydrogen-bond donors (Lipinski definition) is 2. The maximum Gasteiger partial charge on any atom is 0.221 e. The molecule has 0 radical (unpaired) electrons. The predicted octanol–water partition coefficient (Wildman–Crippen LogP) is -0.623. The molecule has 0 bridgehead atoms. The number of carbonyl (C=O) groups is 1. The zero-order valence-corrected chi connectivity index (χ0v) is 6.42. The molecule has 2 atom stereocenters. The summed E-state index contributed by atoms with van der Waals surface area (Å²) in [6.07, 6.45) is 0.492. The summed E-state index contributed by atoms with van der Waals surface area (Å²) in [4.78, 5) is 10.7. The number of nitrogens with one attached hydrogen (secondary N) is 2. The van der Waals surface area contributed by atoms with Gasteiger partial charge in [-0.25, -0.2) is 0 Å². The number of amides is 1. The summed E-state index contributed by atoms with van der Waals surface area (Å²) < 4.78 is 0. The average Bonchev–Trinajstić information content (AvgIpc) is 2.35. The van der Waals surface area contributed by atoms with Crippen molar-refractivity contribution >= 4 is 5.91 Å². The van der Waals surface area contributed by atoms with Crippen molar-refractivity contribution in [2.75, 3.05) is 6.54 Å². The van der Waals surface area contributed by atoms with E-state index in [9.17, 15) is 4.79 Å². The van der Waals surface area contributed by atoms with Crippen LogP contribution in [0.4, 0.5) is 0 Å². The van der Waals surface area contributed by atoms with Crippen LogP contribution < -0.4 is 10.6 Å². The summed E-state index contributed by atoms with van der Waals surface area (Å²) in [6.45, 7) is 2.42. The van der Waals surface area contributed by atoms with Gasteiger partial charge in [0.05, 0.1) is 12.1 Å². The molecule has 0 aliphatic carbocycles. The van der Waals surface area contributed by atoms with Crippen LogP contribution in [0.1, 0.15) is 13.3 Å². The fourth-order valence-electron chi connectivity index (χ4n) is 1.11. The molecule has 0 aromatic rings. The highest BCUT2D eigenvalue weighted by Gasteiger charge is 2.21. The highest BCUT2D eigenvalue weighted by molar-refractivity contribution is 5.78. The smallest absolute Gasteiger partial charge is 0.221 e. The van der Waals surface area contributed by atoms with E-state index < -0.39 is 0 Å². The van der Waals surface area contributed by atoms with Gasteiger partial charge in [-0.05, 0) is 6.92 Å². The highest BCUT2D eigenvalue weighted by atomic mass is 16.1. The maximum atomic E-state index is 10.7. The molecule has 1 aliphatic rings. The Kier molecular flexibility index (Phi) is 2.44. The summed E-state index contributed by atoms with van der Waals surface area (Å²) in [7, 11) is 0.